The number of hydrogen-bond donors (Lipinski definition) is 5. The van der Waals surface area contributed by atoms with Crippen LogP contribution in [0.3, 0.4) is 0 Å². The van der Waals surface area contributed by atoms with E-state index in [1.807, 2.05) is 32.0 Å². The van der Waals surface area contributed by atoms with Gasteiger partial charge in [-0.25, -0.2) is 19.6 Å². The van der Waals surface area contributed by atoms with Crippen LogP contribution in [0.5, 0.6) is 0 Å². The number of aromatic amines is 2. The first kappa shape index (κ1) is 41.9. The number of nitrogens with zero attached hydrogens (tertiary/aromatic N) is 3. The van der Waals surface area contributed by atoms with Gasteiger partial charge in [0.15, 0.2) is 0 Å². The number of unbranched alkanes of at least 4 members (excludes halogenated alkanes) is 1. The molecule has 4 amide bonds. The summed E-state index contributed by atoms with van der Waals surface area (Å²) in [5.74, 6) is 0.843. The molecule has 2 fully saturated rings. The van der Waals surface area contributed by atoms with Gasteiger partial charge < -0.3 is 49.4 Å². The summed E-state index contributed by atoms with van der Waals surface area (Å²) in [5, 5.41) is 9.10. The van der Waals surface area contributed by atoms with Gasteiger partial charge in [0.2, 0.25) is 17.2 Å². The first-order valence-corrected chi connectivity index (χ1v) is 20.5. The van der Waals surface area contributed by atoms with Crippen molar-refractivity contribution >= 4 is 45.9 Å². The van der Waals surface area contributed by atoms with Crippen molar-refractivity contribution in [3.63, 3.8) is 0 Å². The summed E-state index contributed by atoms with van der Waals surface area (Å²) in [6, 6.07) is 9.16. The molecule has 0 spiro atoms. The highest BCUT2D eigenvalue weighted by atomic mass is 16.5. The first-order chi connectivity index (χ1) is 29.0. The summed E-state index contributed by atoms with van der Waals surface area (Å²) in [4.78, 5) is 82.1. The molecule has 2 aliphatic rings. The molecular weight excluding hydrogens is 773 g/mol. The van der Waals surface area contributed by atoms with E-state index in [1.54, 1.807) is 35.5 Å². The van der Waals surface area contributed by atoms with Crippen LogP contribution in [0.4, 0.5) is 9.59 Å². The van der Waals surface area contributed by atoms with Gasteiger partial charge in [0.05, 0.1) is 54.8 Å². The highest BCUT2D eigenvalue weighted by Gasteiger charge is 2.40. The Morgan fingerprint density at radius 2 is 1.58 bits per heavy atom. The van der Waals surface area contributed by atoms with Crippen molar-refractivity contribution in [1.82, 2.24) is 40.8 Å². The lowest BCUT2D eigenvalue weighted by atomic mass is 9.90. The van der Waals surface area contributed by atoms with E-state index in [9.17, 15) is 24.0 Å². The van der Waals surface area contributed by atoms with Crippen molar-refractivity contribution in [1.29, 1.82) is 0 Å². The average molecular weight is 825 g/mol. The number of benzene rings is 2. The Hall–Kier alpha value is -6.23. The Morgan fingerprint density at radius 3 is 2.35 bits per heavy atom. The minimum atomic E-state index is -0.730. The van der Waals surface area contributed by atoms with Crippen molar-refractivity contribution in [3.8, 4) is 22.5 Å². The number of hydrogen-bond acceptors (Lipinski definition) is 11. The zero-order valence-electron chi connectivity index (χ0n) is 34.3. The normalized spacial score (nSPS) is 16.8. The molecule has 0 radical (unpaired) electrons. The van der Waals surface area contributed by atoms with E-state index in [0.29, 0.717) is 85.4 Å². The van der Waals surface area contributed by atoms with Crippen molar-refractivity contribution in [2.75, 3.05) is 40.5 Å². The molecule has 2 aromatic carbocycles. The van der Waals surface area contributed by atoms with E-state index in [0.717, 1.165) is 41.9 Å². The molecule has 2 saturated heterocycles. The number of alkyl carbamates (subject to hydrolysis) is 2. The number of carbonyl (C=O) groups excluding carboxylic acids is 4. The van der Waals surface area contributed by atoms with Gasteiger partial charge in [-0.1, -0.05) is 19.9 Å². The first-order valence-electron chi connectivity index (χ1n) is 20.5. The van der Waals surface area contributed by atoms with Gasteiger partial charge >= 0.3 is 12.2 Å². The van der Waals surface area contributed by atoms with Crippen LogP contribution in [0, 0.1) is 11.8 Å². The molecule has 3 aromatic heterocycles. The number of aryl methyl sites for hydroxylation is 1. The minimum Gasteiger partial charge on any atom is -0.456 e. The number of nitrogens with one attached hydrogen (secondary N) is 5. The van der Waals surface area contributed by atoms with Crippen LogP contribution in [0.2, 0.25) is 0 Å². The molecule has 7 rings (SSSR count). The minimum absolute atomic E-state index is 0.0658. The number of rotatable bonds is 14. The number of aromatic nitrogens is 4. The van der Waals surface area contributed by atoms with E-state index in [-0.39, 0.29) is 35.1 Å². The zero-order valence-corrected chi connectivity index (χ0v) is 34.3. The van der Waals surface area contributed by atoms with Gasteiger partial charge in [-0.2, -0.15) is 0 Å². The number of amides is 4. The molecule has 17 nitrogen and oxygen atoms in total. The molecule has 3 atom stereocenters. The molecule has 0 aliphatic carbocycles. The van der Waals surface area contributed by atoms with Crippen molar-refractivity contribution in [2.24, 2.45) is 11.8 Å². The number of methoxy groups -OCH3 is 2. The topological polar surface area (TPSA) is 223 Å². The predicted molar refractivity (Wildman–Crippen MR) is 222 cm³/mol. The lowest BCUT2D eigenvalue weighted by molar-refractivity contribution is -0.136. The lowest BCUT2D eigenvalue weighted by Gasteiger charge is -2.34. The van der Waals surface area contributed by atoms with Gasteiger partial charge in [0.1, 0.15) is 34.9 Å². The van der Waals surface area contributed by atoms with Gasteiger partial charge in [0, 0.05) is 43.9 Å². The van der Waals surface area contributed by atoms with Crippen LogP contribution in [-0.2, 0) is 30.2 Å². The maximum Gasteiger partial charge on any atom is 0.407 e. The summed E-state index contributed by atoms with van der Waals surface area (Å²) < 4.78 is 21.3. The van der Waals surface area contributed by atoms with Crippen molar-refractivity contribution in [2.45, 2.75) is 76.9 Å². The number of imidazole rings is 2. The fourth-order valence-corrected chi connectivity index (χ4v) is 8.05. The molecule has 5 N–H and O–H groups in total. The van der Waals surface area contributed by atoms with Gasteiger partial charge in [-0.05, 0) is 80.7 Å². The summed E-state index contributed by atoms with van der Waals surface area (Å²) in [5.41, 5.74) is 3.76. The van der Waals surface area contributed by atoms with Crippen LogP contribution < -0.4 is 21.4 Å². The Kier molecular flexibility index (Phi) is 13.1. The monoisotopic (exact) mass is 824 g/mol. The van der Waals surface area contributed by atoms with E-state index in [4.69, 9.17) is 13.9 Å². The maximum atomic E-state index is 14.0. The van der Waals surface area contributed by atoms with E-state index >= 15 is 0 Å². The van der Waals surface area contributed by atoms with E-state index in [1.165, 1.54) is 14.2 Å². The second-order valence-corrected chi connectivity index (χ2v) is 15.6. The maximum absolute atomic E-state index is 14.0. The second kappa shape index (κ2) is 18.8. The molecule has 0 unspecified atom stereocenters. The van der Waals surface area contributed by atoms with Crippen LogP contribution in [0.1, 0.15) is 70.1 Å². The Balaban J connectivity index is 1.00. The summed E-state index contributed by atoms with van der Waals surface area (Å²) >= 11 is 0. The lowest BCUT2D eigenvalue weighted by Crippen LogP contribution is -2.53. The third-order valence-corrected chi connectivity index (χ3v) is 11.4. The smallest absolute Gasteiger partial charge is 0.407 e. The van der Waals surface area contributed by atoms with Crippen LogP contribution in [0.15, 0.2) is 58.0 Å². The summed E-state index contributed by atoms with van der Waals surface area (Å²) in [6.45, 7) is 5.76. The largest absolute Gasteiger partial charge is 0.456 e. The highest BCUT2D eigenvalue weighted by molar-refractivity contribution is 5.93. The molecule has 5 heterocycles. The number of H-pyrrole nitrogens is 2. The fourth-order valence-electron chi connectivity index (χ4n) is 8.05. The summed E-state index contributed by atoms with van der Waals surface area (Å²) in [7, 11) is 2.55. The number of likely N-dealkylation sites (tertiary alicyclic amines) is 1. The molecule has 318 valence electrons. The second-order valence-electron chi connectivity index (χ2n) is 15.6. The molecule has 2 aliphatic heterocycles. The quantitative estimate of drug-likeness (QED) is 0.0708. The predicted octanol–water partition coefficient (Wildman–Crippen LogP) is 5.36. The number of carbonyl (C=O) groups is 4. The van der Waals surface area contributed by atoms with Gasteiger partial charge in [-0.15, -0.1) is 0 Å². The molecule has 0 saturated carbocycles. The molecule has 5 aromatic rings. The highest BCUT2D eigenvalue weighted by Crippen LogP contribution is 2.34. The van der Waals surface area contributed by atoms with E-state index < -0.39 is 24.3 Å². The number of fused-ring (bicyclic) bond motifs is 2. The zero-order chi connectivity index (χ0) is 42.3. The third-order valence-electron chi connectivity index (χ3n) is 11.4. The number of ether oxygens (including phenoxy) is 3. The average Bonchev–Trinajstić information content (AvgIpc) is 4.06. The van der Waals surface area contributed by atoms with Crippen LogP contribution in [0.25, 0.3) is 44.5 Å². The molecule has 0 bridgehead atoms. The van der Waals surface area contributed by atoms with E-state index in [2.05, 4.69) is 40.6 Å². The van der Waals surface area contributed by atoms with Crippen LogP contribution in [-0.4, -0.2) is 101 Å². The third kappa shape index (κ3) is 9.30. The Morgan fingerprint density at radius 1 is 0.867 bits per heavy atom. The SMILES string of the molecule is COC(=O)N[C@H](C(=O)NCCCCc1ncc(-c2ccc3c(=O)c4cc(-c5cnc([C@@H]6CCCN6C(=O)[C@@H](NC(=O)OC)C6CCOCC6)[nH]5)ccc4oc3c2)[nH]1)C(C)C. The van der Waals surface area contributed by atoms with Gasteiger partial charge in [0.25, 0.3) is 0 Å². The van der Waals surface area contributed by atoms with Crippen LogP contribution >= 0.6 is 0 Å². The fraction of sp³-hybridized carbons (Fsp3) is 0.465. The van der Waals surface area contributed by atoms with Crippen molar-refractivity contribution < 1.29 is 37.8 Å². The van der Waals surface area contributed by atoms with Gasteiger partial charge in [-0.3, -0.25) is 14.4 Å². The Labute approximate surface area is 346 Å². The molecule has 17 heteroatoms. The molecular formula is C43H52N8O9. The van der Waals surface area contributed by atoms with Crippen molar-refractivity contribution in [3.05, 3.63) is 70.7 Å². The summed E-state index contributed by atoms with van der Waals surface area (Å²) in [6.07, 6.45) is 7.16. The Bertz CT molecular complexity index is 2400. The standard InChI is InChI=1S/C43H52N8O9/c1-24(2)36(49-42(55)57-3)40(53)44-16-6-5-9-35-45-22-30(47-35)27-10-12-28-34(21-27)60-33-13-11-26(20-29(33)38(28)52)31-23-46-39(48-31)32-8-7-17-51(32)41(54)37(50-43(56)58-4)25-14-18-59-19-15-25/h10-13,20-25,32,36-37H,5-9,14-19H2,1-4H3,(H,44,53)(H,45,47)(H,46,48)(H,49,55)(H,50,56)/t32-,36-,37-/m0/s1. The molecule has 60 heavy (non-hydrogen) atoms.